The largest absolute Gasteiger partial charge is 0.356 e. The number of carbonyl (C=O) groups excluding carboxylic acids is 2. The van der Waals surface area contributed by atoms with Gasteiger partial charge in [0.2, 0.25) is 5.91 Å². The molecule has 0 aliphatic heterocycles. The van der Waals surface area contributed by atoms with E-state index in [0.717, 1.165) is 43.5 Å². The summed E-state index contributed by atoms with van der Waals surface area (Å²) in [4.78, 5) is 25.6. The van der Waals surface area contributed by atoms with Gasteiger partial charge < -0.3 is 10.6 Å². The summed E-state index contributed by atoms with van der Waals surface area (Å²) in [5, 5.41) is 7.18. The zero-order chi connectivity index (χ0) is 21.6. The first-order valence-corrected chi connectivity index (χ1v) is 12.0. The van der Waals surface area contributed by atoms with Crippen molar-refractivity contribution in [2.45, 2.75) is 44.4 Å². The molecule has 4 rings (SSSR count). The van der Waals surface area contributed by atoms with Crippen molar-refractivity contribution in [2.24, 2.45) is 5.92 Å². The summed E-state index contributed by atoms with van der Waals surface area (Å²) in [7, 11) is 1.70. The standard InChI is InChI=1S/C26H30N2O2S/c1-27-26(30)25-24(21-9-5-6-10-22(21)31-25)20-14-11-19(12-15-20)17-28-23(29)16-13-18-7-3-2-4-8-18/h2-10,19-20H,11-17H2,1H3,(H,27,30)(H,28,29). The van der Waals surface area contributed by atoms with Crippen molar-refractivity contribution >= 4 is 33.2 Å². The molecule has 0 bridgehead atoms. The van der Waals surface area contributed by atoms with Gasteiger partial charge in [0.15, 0.2) is 0 Å². The second-order valence-electron chi connectivity index (χ2n) is 8.43. The molecule has 1 fully saturated rings. The van der Waals surface area contributed by atoms with E-state index in [9.17, 15) is 9.59 Å². The molecule has 0 saturated heterocycles. The first-order valence-electron chi connectivity index (χ1n) is 11.2. The van der Waals surface area contributed by atoms with E-state index in [0.29, 0.717) is 18.3 Å². The number of nitrogens with one attached hydrogen (secondary N) is 2. The average Bonchev–Trinajstić information content (AvgIpc) is 3.21. The van der Waals surface area contributed by atoms with Gasteiger partial charge in [-0.3, -0.25) is 9.59 Å². The minimum atomic E-state index is 0.0176. The Morgan fingerprint density at radius 1 is 0.968 bits per heavy atom. The third-order valence-electron chi connectivity index (χ3n) is 6.39. The smallest absolute Gasteiger partial charge is 0.261 e. The molecule has 5 heteroatoms. The summed E-state index contributed by atoms with van der Waals surface area (Å²) in [6.45, 7) is 0.757. The molecule has 1 aliphatic rings. The van der Waals surface area contributed by atoms with Crippen LogP contribution in [0.4, 0.5) is 0 Å². The zero-order valence-corrected chi connectivity index (χ0v) is 18.8. The number of hydrogen-bond acceptors (Lipinski definition) is 3. The highest BCUT2D eigenvalue weighted by Crippen LogP contribution is 2.43. The zero-order valence-electron chi connectivity index (χ0n) is 18.0. The van der Waals surface area contributed by atoms with Crippen LogP contribution in [0.25, 0.3) is 10.1 Å². The molecule has 2 amide bonds. The molecule has 3 aromatic rings. The molecule has 0 radical (unpaired) electrons. The molecule has 0 atom stereocenters. The third kappa shape index (κ3) is 5.16. The van der Waals surface area contributed by atoms with E-state index >= 15 is 0 Å². The summed E-state index contributed by atoms with van der Waals surface area (Å²) in [5.41, 5.74) is 2.43. The lowest BCUT2D eigenvalue weighted by Crippen LogP contribution is -2.31. The number of amides is 2. The molecule has 1 aliphatic carbocycles. The maximum atomic E-state index is 12.5. The van der Waals surface area contributed by atoms with E-state index in [1.165, 1.54) is 21.2 Å². The molecule has 0 spiro atoms. The molecule has 31 heavy (non-hydrogen) atoms. The van der Waals surface area contributed by atoms with E-state index in [2.05, 4.69) is 41.0 Å². The van der Waals surface area contributed by atoms with Crippen LogP contribution in [0.1, 0.15) is 58.8 Å². The number of benzene rings is 2. The van der Waals surface area contributed by atoms with Crippen molar-refractivity contribution in [2.75, 3.05) is 13.6 Å². The predicted molar refractivity (Wildman–Crippen MR) is 128 cm³/mol. The van der Waals surface area contributed by atoms with E-state index in [-0.39, 0.29) is 11.8 Å². The van der Waals surface area contributed by atoms with Gasteiger partial charge in [-0.25, -0.2) is 0 Å². The highest BCUT2D eigenvalue weighted by atomic mass is 32.1. The van der Waals surface area contributed by atoms with Crippen LogP contribution in [-0.2, 0) is 11.2 Å². The number of hydrogen-bond donors (Lipinski definition) is 2. The summed E-state index contributed by atoms with van der Waals surface area (Å²) < 4.78 is 1.18. The molecule has 1 saturated carbocycles. The highest BCUT2D eigenvalue weighted by Gasteiger charge is 2.28. The van der Waals surface area contributed by atoms with Gasteiger partial charge in [0.05, 0.1) is 4.88 Å². The fraction of sp³-hybridized carbons (Fsp3) is 0.385. The lowest BCUT2D eigenvalue weighted by atomic mass is 9.77. The topological polar surface area (TPSA) is 58.2 Å². The number of fused-ring (bicyclic) bond motifs is 1. The van der Waals surface area contributed by atoms with Gasteiger partial charge in [-0.15, -0.1) is 11.3 Å². The summed E-state index contributed by atoms with van der Waals surface area (Å²) in [5.74, 6) is 1.08. The van der Waals surface area contributed by atoms with Crippen molar-refractivity contribution in [3.8, 4) is 0 Å². The lowest BCUT2D eigenvalue weighted by Gasteiger charge is -2.29. The Morgan fingerprint density at radius 3 is 2.42 bits per heavy atom. The van der Waals surface area contributed by atoms with Gasteiger partial charge in [-0.05, 0) is 66.5 Å². The first-order chi connectivity index (χ1) is 15.2. The van der Waals surface area contributed by atoms with Gasteiger partial charge in [-0.1, -0.05) is 48.5 Å². The second-order valence-corrected chi connectivity index (χ2v) is 9.48. The Balaban J connectivity index is 1.32. The van der Waals surface area contributed by atoms with Crippen molar-refractivity contribution in [1.29, 1.82) is 0 Å². The van der Waals surface area contributed by atoms with Gasteiger partial charge in [0.1, 0.15) is 0 Å². The molecule has 1 heterocycles. The highest BCUT2D eigenvalue weighted by molar-refractivity contribution is 7.21. The lowest BCUT2D eigenvalue weighted by molar-refractivity contribution is -0.121. The van der Waals surface area contributed by atoms with E-state index < -0.39 is 0 Å². The Bertz CT molecular complexity index is 1040. The quantitative estimate of drug-likeness (QED) is 0.531. The van der Waals surface area contributed by atoms with Crippen molar-refractivity contribution < 1.29 is 9.59 Å². The fourth-order valence-corrected chi connectivity index (χ4v) is 5.89. The van der Waals surface area contributed by atoms with Crippen LogP contribution in [0.5, 0.6) is 0 Å². The summed E-state index contributed by atoms with van der Waals surface area (Å²) in [6, 6.07) is 18.5. The minimum absolute atomic E-state index is 0.0176. The van der Waals surface area contributed by atoms with Crippen molar-refractivity contribution in [3.05, 3.63) is 70.6 Å². The number of rotatable bonds is 7. The fourth-order valence-electron chi connectivity index (χ4n) is 4.66. The Kier molecular flexibility index (Phi) is 7.03. The maximum Gasteiger partial charge on any atom is 0.261 e. The molecule has 2 aromatic carbocycles. The predicted octanol–water partition coefficient (Wildman–Crippen LogP) is 5.28. The van der Waals surface area contributed by atoms with Crippen LogP contribution in [0, 0.1) is 5.92 Å². The monoisotopic (exact) mass is 434 g/mol. The van der Waals surface area contributed by atoms with Crippen LogP contribution in [0.3, 0.4) is 0 Å². The number of carbonyl (C=O) groups is 2. The van der Waals surface area contributed by atoms with Gasteiger partial charge in [0, 0.05) is 24.7 Å². The van der Waals surface area contributed by atoms with Crippen LogP contribution in [-0.4, -0.2) is 25.4 Å². The van der Waals surface area contributed by atoms with Crippen LogP contribution in [0.2, 0.25) is 0 Å². The molecule has 1 aromatic heterocycles. The first kappa shape index (κ1) is 21.6. The molecular weight excluding hydrogens is 404 g/mol. The minimum Gasteiger partial charge on any atom is -0.356 e. The molecular formula is C26H30N2O2S. The van der Waals surface area contributed by atoms with Gasteiger partial charge >= 0.3 is 0 Å². The number of thiophene rings is 1. The SMILES string of the molecule is CNC(=O)c1sc2ccccc2c1C1CCC(CNC(=O)CCc2ccccc2)CC1. The summed E-state index contributed by atoms with van der Waals surface area (Å²) >= 11 is 1.60. The van der Waals surface area contributed by atoms with E-state index in [1.807, 2.05) is 24.3 Å². The van der Waals surface area contributed by atoms with E-state index in [1.54, 1.807) is 18.4 Å². The van der Waals surface area contributed by atoms with Crippen LogP contribution in [0.15, 0.2) is 54.6 Å². The van der Waals surface area contributed by atoms with Crippen LogP contribution < -0.4 is 10.6 Å². The molecule has 2 N–H and O–H groups in total. The van der Waals surface area contributed by atoms with Crippen LogP contribution >= 0.6 is 11.3 Å². The Hall–Kier alpha value is -2.66. The molecule has 162 valence electrons. The molecule has 4 nitrogen and oxygen atoms in total. The normalized spacial score (nSPS) is 18.6. The molecule has 0 unspecified atom stereocenters. The van der Waals surface area contributed by atoms with Crippen molar-refractivity contribution in [1.82, 2.24) is 10.6 Å². The summed E-state index contributed by atoms with van der Waals surface area (Å²) in [6.07, 6.45) is 5.62. The maximum absolute atomic E-state index is 12.5. The average molecular weight is 435 g/mol. The second kappa shape index (κ2) is 10.1. The van der Waals surface area contributed by atoms with E-state index in [4.69, 9.17) is 0 Å². The van der Waals surface area contributed by atoms with Gasteiger partial charge in [-0.2, -0.15) is 0 Å². The Labute approximate surface area is 188 Å². The number of aryl methyl sites for hydroxylation is 1. The van der Waals surface area contributed by atoms with Gasteiger partial charge in [0.25, 0.3) is 5.91 Å². The Morgan fingerprint density at radius 2 is 1.68 bits per heavy atom. The van der Waals surface area contributed by atoms with Crippen molar-refractivity contribution in [3.63, 3.8) is 0 Å². The third-order valence-corrected chi connectivity index (χ3v) is 7.58.